The Labute approximate surface area is 110 Å². The topological polar surface area (TPSA) is 82.8 Å². The monoisotopic (exact) mass is 263 g/mol. The van der Waals surface area contributed by atoms with Gasteiger partial charge in [-0.3, -0.25) is 0 Å². The number of hydrogen-bond donors (Lipinski definition) is 2. The summed E-state index contributed by atoms with van der Waals surface area (Å²) >= 11 is 0. The molecular formula is C12H17N5O2. The summed E-state index contributed by atoms with van der Waals surface area (Å²) in [5.74, 6) is -0.306. The van der Waals surface area contributed by atoms with Crippen LogP contribution in [0.4, 0.5) is 5.82 Å². The van der Waals surface area contributed by atoms with Gasteiger partial charge >= 0.3 is 5.97 Å². The van der Waals surface area contributed by atoms with Gasteiger partial charge in [0, 0.05) is 30.9 Å². The Morgan fingerprint density at radius 2 is 2.21 bits per heavy atom. The van der Waals surface area contributed by atoms with E-state index in [0.29, 0.717) is 5.65 Å². The van der Waals surface area contributed by atoms with Gasteiger partial charge in [-0.1, -0.05) is 0 Å². The lowest BCUT2D eigenvalue weighted by atomic mass is 10.4. The number of aromatic carboxylic acids is 1. The zero-order valence-corrected chi connectivity index (χ0v) is 11.2. The maximum atomic E-state index is 10.9. The predicted molar refractivity (Wildman–Crippen MR) is 71.7 cm³/mol. The fourth-order valence-electron chi connectivity index (χ4n) is 1.74. The highest BCUT2D eigenvalue weighted by Crippen LogP contribution is 2.13. The fourth-order valence-corrected chi connectivity index (χ4v) is 1.74. The molecule has 0 saturated carbocycles. The molecule has 0 saturated heterocycles. The number of carboxylic acids is 1. The second-order valence-corrected chi connectivity index (χ2v) is 4.62. The van der Waals surface area contributed by atoms with Crippen molar-refractivity contribution in [3.05, 3.63) is 23.5 Å². The molecule has 0 fully saturated rings. The lowest BCUT2D eigenvalue weighted by Gasteiger charge is -2.12. The van der Waals surface area contributed by atoms with Crippen molar-refractivity contribution in [2.75, 3.05) is 32.5 Å². The first-order chi connectivity index (χ1) is 8.97. The first kappa shape index (κ1) is 13.3. The van der Waals surface area contributed by atoms with E-state index in [1.54, 1.807) is 0 Å². The molecule has 2 N–H and O–H groups in total. The van der Waals surface area contributed by atoms with Gasteiger partial charge in [0.25, 0.3) is 0 Å². The molecule has 19 heavy (non-hydrogen) atoms. The first-order valence-corrected chi connectivity index (χ1v) is 5.96. The predicted octanol–water partition coefficient (Wildman–Crippen LogP) is 0.709. The number of carbonyl (C=O) groups is 1. The van der Waals surface area contributed by atoms with Crippen molar-refractivity contribution in [1.82, 2.24) is 19.5 Å². The number of fused-ring (bicyclic) bond motifs is 1. The number of rotatable bonds is 5. The molecule has 0 bridgehead atoms. The van der Waals surface area contributed by atoms with Crippen molar-refractivity contribution in [2.45, 2.75) is 6.92 Å². The minimum atomic E-state index is -1.05. The Balaban J connectivity index is 2.33. The Morgan fingerprint density at radius 1 is 1.47 bits per heavy atom. The largest absolute Gasteiger partial charge is 0.476 e. The average Bonchev–Trinajstić information content (AvgIpc) is 2.72. The lowest BCUT2D eigenvalue weighted by Crippen LogP contribution is -2.21. The van der Waals surface area contributed by atoms with Gasteiger partial charge in [0.1, 0.15) is 5.82 Å². The number of carboxylic acid groups (broad SMARTS) is 1. The van der Waals surface area contributed by atoms with Gasteiger partial charge in [-0.15, -0.1) is 0 Å². The molecule has 0 atom stereocenters. The van der Waals surface area contributed by atoms with Gasteiger partial charge in [0.15, 0.2) is 11.3 Å². The quantitative estimate of drug-likeness (QED) is 0.826. The van der Waals surface area contributed by atoms with Gasteiger partial charge in [0.2, 0.25) is 0 Å². The van der Waals surface area contributed by atoms with Crippen LogP contribution in [0, 0.1) is 6.92 Å². The second-order valence-electron chi connectivity index (χ2n) is 4.62. The summed E-state index contributed by atoms with van der Waals surface area (Å²) < 4.78 is 1.52. The number of aryl methyl sites for hydroxylation is 1. The number of anilines is 1. The normalized spacial score (nSPS) is 11.2. The van der Waals surface area contributed by atoms with E-state index in [0.717, 1.165) is 24.6 Å². The molecule has 0 aliphatic carbocycles. The zero-order chi connectivity index (χ0) is 14.0. The average molecular weight is 263 g/mol. The molecule has 2 heterocycles. The van der Waals surface area contributed by atoms with E-state index in [9.17, 15) is 4.79 Å². The van der Waals surface area contributed by atoms with Crippen molar-refractivity contribution >= 4 is 17.4 Å². The van der Waals surface area contributed by atoms with E-state index in [2.05, 4.69) is 20.3 Å². The Bertz CT molecular complexity index is 605. The number of nitrogens with zero attached hydrogens (tertiary/aromatic N) is 4. The number of likely N-dealkylation sites (N-methyl/N-ethyl adjacent to an activating group) is 1. The molecule has 0 unspecified atom stereocenters. The van der Waals surface area contributed by atoms with Gasteiger partial charge in [-0.05, 0) is 21.0 Å². The van der Waals surface area contributed by atoms with Gasteiger partial charge in [0.05, 0.1) is 0 Å². The van der Waals surface area contributed by atoms with Gasteiger partial charge in [-0.2, -0.15) is 9.61 Å². The molecule has 7 nitrogen and oxygen atoms in total. The molecule has 102 valence electrons. The van der Waals surface area contributed by atoms with Crippen LogP contribution in [-0.2, 0) is 0 Å². The van der Waals surface area contributed by atoms with E-state index >= 15 is 0 Å². The fraction of sp³-hybridized carbons (Fsp3) is 0.417. The first-order valence-electron chi connectivity index (χ1n) is 5.96. The van der Waals surface area contributed by atoms with Crippen molar-refractivity contribution in [3.8, 4) is 0 Å². The summed E-state index contributed by atoms with van der Waals surface area (Å²) in [5, 5.41) is 16.2. The van der Waals surface area contributed by atoms with Gasteiger partial charge < -0.3 is 15.3 Å². The van der Waals surface area contributed by atoms with Crippen molar-refractivity contribution < 1.29 is 9.90 Å². The summed E-state index contributed by atoms with van der Waals surface area (Å²) in [6.07, 6.45) is 0. The minimum Gasteiger partial charge on any atom is -0.476 e. The molecule has 0 amide bonds. The summed E-state index contributed by atoms with van der Waals surface area (Å²) in [4.78, 5) is 17.3. The lowest BCUT2D eigenvalue weighted by molar-refractivity contribution is 0.0690. The highest BCUT2D eigenvalue weighted by Gasteiger charge is 2.12. The molecule has 2 aromatic heterocycles. The molecule has 7 heteroatoms. The Kier molecular flexibility index (Phi) is 3.66. The molecule has 0 aliphatic heterocycles. The molecule has 0 spiro atoms. The van der Waals surface area contributed by atoms with Crippen molar-refractivity contribution in [3.63, 3.8) is 0 Å². The molecule has 0 radical (unpaired) electrons. The van der Waals surface area contributed by atoms with E-state index in [1.807, 2.05) is 27.1 Å². The highest BCUT2D eigenvalue weighted by molar-refractivity contribution is 5.86. The third kappa shape index (κ3) is 3.00. The van der Waals surface area contributed by atoms with Crippen LogP contribution in [-0.4, -0.2) is 57.8 Å². The third-order valence-electron chi connectivity index (χ3n) is 2.64. The van der Waals surface area contributed by atoms with Gasteiger partial charge in [-0.25, -0.2) is 9.78 Å². The van der Waals surface area contributed by atoms with Crippen molar-refractivity contribution in [1.29, 1.82) is 0 Å². The minimum absolute atomic E-state index is 0.00578. The van der Waals surface area contributed by atoms with Crippen LogP contribution in [0.25, 0.3) is 5.65 Å². The van der Waals surface area contributed by atoms with Crippen LogP contribution in [0.1, 0.15) is 16.2 Å². The van der Waals surface area contributed by atoms with Crippen LogP contribution >= 0.6 is 0 Å². The number of nitrogens with one attached hydrogen (secondary N) is 1. The van der Waals surface area contributed by atoms with E-state index < -0.39 is 5.97 Å². The summed E-state index contributed by atoms with van der Waals surface area (Å²) in [5.41, 5.74) is 1.34. The standard InChI is InChI=1S/C12H17N5O2/c1-8-6-10(13-4-5-16(2)3)17-11(14-8)7-9(15-17)12(18)19/h6-7,13H,4-5H2,1-3H3,(H,18,19). The Morgan fingerprint density at radius 3 is 2.84 bits per heavy atom. The van der Waals surface area contributed by atoms with E-state index in [-0.39, 0.29) is 5.69 Å². The van der Waals surface area contributed by atoms with Crippen LogP contribution in [0.3, 0.4) is 0 Å². The third-order valence-corrected chi connectivity index (χ3v) is 2.64. The van der Waals surface area contributed by atoms with Crippen molar-refractivity contribution in [2.24, 2.45) is 0 Å². The maximum Gasteiger partial charge on any atom is 0.356 e. The maximum absolute atomic E-state index is 10.9. The summed E-state index contributed by atoms with van der Waals surface area (Å²) in [6, 6.07) is 3.31. The highest BCUT2D eigenvalue weighted by atomic mass is 16.4. The van der Waals surface area contributed by atoms with Crippen LogP contribution in [0.2, 0.25) is 0 Å². The summed E-state index contributed by atoms with van der Waals surface area (Å²) in [6.45, 7) is 3.48. The van der Waals surface area contributed by atoms with Crippen LogP contribution in [0.15, 0.2) is 12.1 Å². The molecule has 2 aromatic rings. The Hall–Kier alpha value is -2.15. The second kappa shape index (κ2) is 5.23. The SMILES string of the molecule is Cc1cc(NCCN(C)C)n2nc(C(=O)O)cc2n1. The molecular weight excluding hydrogens is 246 g/mol. The van der Waals surface area contributed by atoms with Crippen LogP contribution < -0.4 is 5.32 Å². The van der Waals surface area contributed by atoms with E-state index in [4.69, 9.17) is 5.11 Å². The smallest absolute Gasteiger partial charge is 0.356 e. The molecule has 2 rings (SSSR count). The molecule has 0 aromatic carbocycles. The molecule has 0 aliphatic rings. The van der Waals surface area contributed by atoms with Crippen LogP contribution in [0.5, 0.6) is 0 Å². The number of hydrogen-bond acceptors (Lipinski definition) is 5. The van der Waals surface area contributed by atoms with E-state index in [1.165, 1.54) is 10.6 Å². The number of aromatic nitrogens is 3. The zero-order valence-electron chi connectivity index (χ0n) is 11.2. The summed E-state index contributed by atoms with van der Waals surface area (Å²) in [7, 11) is 3.98.